The molecule has 0 amide bonds. The van der Waals surface area contributed by atoms with Crippen molar-refractivity contribution in [2.24, 2.45) is 17.8 Å². The first-order valence-corrected chi connectivity index (χ1v) is 6.91. The first-order valence-electron chi connectivity index (χ1n) is 6.91. The Balaban J connectivity index is 2.41. The predicted octanol–water partition coefficient (Wildman–Crippen LogP) is 3.53. The lowest BCUT2D eigenvalue weighted by Crippen LogP contribution is -2.30. The van der Waals surface area contributed by atoms with E-state index in [9.17, 15) is 0 Å². The van der Waals surface area contributed by atoms with Gasteiger partial charge in [-0.3, -0.25) is 0 Å². The van der Waals surface area contributed by atoms with Crippen molar-refractivity contribution in [1.82, 2.24) is 9.88 Å². The Bertz CT molecular complexity index is 304. The average molecular weight is 236 g/mol. The maximum absolute atomic E-state index is 3.60. The summed E-state index contributed by atoms with van der Waals surface area (Å²) in [6, 6.07) is 4.33. The van der Waals surface area contributed by atoms with Crippen molar-refractivity contribution < 1.29 is 0 Å². The van der Waals surface area contributed by atoms with Gasteiger partial charge in [-0.25, -0.2) is 0 Å². The summed E-state index contributed by atoms with van der Waals surface area (Å²) in [5, 5.41) is 3.60. The van der Waals surface area contributed by atoms with E-state index in [1.807, 2.05) is 0 Å². The van der Waals surface area contributed by atoms with Gasteiger partial charge in [-0.1, -0.05) is 27.7 Å². The lowest BCUT2D eigenvalue weighted by molar-refractivity contribution is 0.275. The molecule has 0 aliphatic rings. The smallest absolute Gasteiger partial charge is 0.0359 e. The molecule has 0 spiro atoms. The minimum atomic E-state index is 0.750. The third-order valence-corrected chi connectivity index (χ3v) is 3.66. The fourth-order valence-corrected chi connectivity index (χ4v) is 2.53. The molecule has 1 aromatic heterocycles. The molecule has 1 N–H and O–H groups in total. The summed E-state index contributed by atoms with van der Waals surface area (Å²) in [7, 11) is 0. The Labute approximate surface area is 106 Å². The molecule has 2 nitrogen and oxygen atoms in total. The van der Waals surface area contributed by atoms with Gasteiger partial charge in [0.1, 0.15) is 0 Å². The maximum atomic E-state index is 3.60. The summed E-state index contributed by atoms with van der Waals surface area (Å²) < 4.78 is 2.30. The molecule has 0 aromatic carbocycles. The number of hydrogen-bond donors (Lipinski definition) is 1. The summed E-state index contributed by atoms with van der Waals surface area (Å²) in [5.74, 6) is 2.26. The third kappa shape index (κ3) is 4.19. The molecular formula is C15H28N2. The molecule has 1 aromatic rings. The van der Waals surface area contributed by atoms with Crippen LogP contribution < -0.4 is 5.32 Å². The molecule has 1 rings (SSSR count). The highest BCUT2D eigenvalue weighted by atomic mass is 15.0. The van der Waals surface area contributed by atoms with Gasteiger partial charge in [0, 0.05) is 25.0 Å². The van der Waals surface area contributed by atoms with Crippen molar-refractivity contribution in [3.8, 4) is 0 Å². The first-order chi connectivity index (χ1) is 8.06. The van der Waals surface area contributed by atoms with Crippen LogP contribution in [-0.4, -0.2) is 11.1 Å². The monoisotopic (exact) mass is 236 g/mol. The molecule has 2 heteroatoms. The minimum absolute atomic E-state index is 0.750. The SMILES string of the molecule is CCn1cccc1CNCC(C(C)C)C(C)C. The van der Waals surface area contributed by atoms with Crippen LogP contribution in [0.4, 0.5) is 0 Å². The molecule has 0 radical (unpaired) electrons. The van der Waals surface area contributed by atoms with Crippen LogP contribution in [0.2, 0.25) is 0 Å². The van der Waals surface area contributed by atoms with Gasteiger partial charge in [-0.05, 0) is 43.4 Å². The van der Waals surface area contributed by atoms with Crippen molar-refractivity contribution in [3.63, 3.8) is 0 Å². The summed E-state index contributed by atoms with van der Waals surface area (Å²) in [6.45, 7) is 14.6. The van der Waals surface area contributed by atoms with Crippen LogP contribution >= 0.6 is 0 Å². The van der Waals surface area contributed by atoms with Gasteiger partial charge in [-0.15, -0.1) is 0 Å². The summed E-state index contributed by atoms with van der Waals surface area (Å²) >= 11 is 0. The minimum Gasteiger partial charge on any atom is -0.351 e. The third-order valence-electron chi connectivity index (χ3n) is 3.66. The normalized spacial score (nSPS) is 12.0. The van der Waals surface area contributed by atoms with E-state index >= 15 is 0 Å². The van der Waals surface area contributed by atoms with E-state index in [-0.39, 0.29) is 0 Å². The second-order valence-corrected chi connectivity index (χ2v) is 5.57. The second-order valence-electron chi connectivity index (χ2n) is 5.57. The van der Waals surface area contributed by atoms with Crippen molar-refractivity contribution >= 4 is 0 Å². The molecule has 17 heavy (non-hydrogen) atoms. The highest BCUT2D eigenvalue weighted by Gasteiger charge is 2.16. The Morgan fingerprint density at radius 2 is 1.82 bits per heavy atom. The Kier molecular flexibility index (Phi) is 5.76. The molecule has 0 aliphatic carbocycles. The molecule has 0 saturated heterocycles. The molecule has 0 unspecified atom stereocenters. The topological polar surface area (TPSA) is 17.0 Å². The number of rotatable bonds is 7. The molecular weight excluding hydrogens is 208 g/mol. The van der Waals surface area contributed by atoms with Crippen molar-refractivity contribution in [3.05, 3.63) is 24.0 Å². The van der Waals surface area contributed by atoms with Crippen LogP contribution in [0.1, 0.15) is 40.3 Å². The van der Waals surface area contributed by atoms with Crippen molar-refractivity contribution in [1.29, 1.82) is 0 Å². The summed E-state index contributed by atoms with van der Waals surface area (Å²) in [5.41, 5.74) is 1.39. The average Bonchev–Trinajstić information content (AvgIpc) is 2.70. The van der Waals surface area contributed by atoms with E-state index < -0.39 is 0 Å². The van der Waals surface area contributed by atoms with Gasteiger partial charge in [0.2, 0.25) is 0 Å². The van der Waals surface area contributed by atoms with Crippen LogP contribution in [0, 0.1) is 17.8 Å². The van der Waals surface area contributed by atoms with E-state index in [0.29, 0.717) is 0 Å². The molecule has 0 atom stereocenters. The first kappa shape index (κ1) is 14.3. The van der Waals surface area contributed by atoms with Gasteiger partial charge in [0.05, 0.1) is 0 Å². The zero-order valence-electron chi connectivity index (χ0n) is 12.0. The lowest BCUT2D eigenvalue weighted by Gasteiger charge is -2.25. The quantitative estimate of drug-likeness (QED) is 0.766. The van der Waals surface area contributed by atoms with Gasteiger partial charge in [0.25, 0.3) is 0 Å². The fraction of sp³-hybridized carbons (Fsp3) is 0.733. The molecule has 98 valence electrons. The zero-order chi connectivity index (χ0) is 12.8. The van der Waals surface area contributed by atoms with E-state index in [0.717, 1.165) is 37.4 Å². The van der Waals surface area contributed by atoms with Gasteiger partial charge in [0.15, 0.2) is 0 Å². The Hall–Kier alpha value is -0.760. The molecule has 0 aliphatic heterocycles. The van der Waals surface area contributed by atoms with Crippen LogP contribution in [-0.2, 0) is 13.1 Å². The number of aromatic nitrogens is 1. The van der Waals surface area contributed by atoms with Crippen LogP contribution in [0.3, 0.4) is 0 Å². The number of nitrogens with zero attached hydrogens (tertiary/aromatic N) is 1. The maximum Gasteiger partial charge on any atom is 0.0359 e. The number of hydrogen-bond acceptors (Lipinski definition) is 1. The molecule has 0 bridgehead atoms. The second kappa shape index (κ2) is 6.85. The predicted molar refractivity (Wildman–Crippen MR) is 75.0 cm³/mol. The van der Waals surface area contributed by atoms with Gasteiger partial charge in [-0.2, -0.15) is 0 Å². The van der Waals surface area contributed by atoms with Crippen molar-refractivity contribution in [2.45, 2.75) is 47.7 Å². The number of nitrogens with one attached hydrogen (secondary N) is 1. The Morgan fingerprint density at radius 1 is 1.18 bits per heavy atom. The molecule has 0 saturated carbocycles. The number of aryl methyl sites for hydroxylation is 1. The van der Waals surface area contributed by atoms with Crippen LogP contribution in [0.5, 0.6) is 0 Å². The molecule has 1 heterocycles. The highest BCUT2D eigenvalue weighted by Crippen LogP contribution is 2.19. The van der Waals surface area contributed by atoms with Crippen LogP contribution in [0.15, 0.2) is 18.3 Å². The standard InChI is InChI=1S/C15H28N2/c1-6-17-9-7-8-14(17)10-16-11-15(12(2)3)13(4)5/h7-9,12-13,15-16H,6,10-11H2,1-5H3. The van der Waals surface area contributed by atoms with Gasteiger partial charge < -0.3 is 9.88 Å². The Morgan fingerprint density at radius 3 is 2.35 bits per heavy atom. The summed E-state index contributed by atoms with van der Waals surface area (Å²) in [6.07, 6.45) is 2.15. The molecule has 0 fully saturated rings. The van der Waals surface area contributed by atoms with E-state index in [1.165, 1.54) is 5.69 Å². The van der Waals surface area contributed by atoms with E-state index in [1.54, 1.807) is 0 Å². The highest BCUT2D eigenvalue weighted by molar-refractivity contribution is 5.06. The van der Waals surface area contributed by atoms with Crippen molar-refractivity contribution in [2.75, 3.05) is 6.54 Å². The largest absolute Gasteiger partial charge is 0.351 e. The van der Waals surface area contributed by atoms with E-state index in [2.05, 4.69) is 62.8 Å². The van der Waals surface area contributed by atoms with E-state index in [4.69, 9.17) is 0 Å². The zero-order valence-corrected chi connectivity index (χ0v) is 12.0. The van der Waals surface area contributed by atoms with Crippen LogP contribution in [0.25, 0.3) is 0 Å². The fourth-order valence-electron chi connectivity index (χ4n) is 2.53. The lowest BCUT2D eigenvalue weighted by atomic mass is 9.85. The summed E-state index contributed by atoms with van der Waals surface area (Å²) in [4.78, 5) is 0. The van der Waals surface area contributed by atoms with Gasteiger partial charge >= 0.3 is 0 Å².